The summed E-state index contributed by atoms with van der Waals surface area (Å²) in [7, 11) is 0. The smallest absolute Gasteiger partial charge is 0.255 e. The quantitative estimate of drug-likeness (QED) is 0.376. The monoisotopic (exact) mass is 530 g/mol. The number of furan rings is 1. The fourth-order valence-electron chi connectivity index (χ4n) is 5.85. The molecule has 2 fully saturated rings. The highest BCUT2D eigenvalue weighted by Crippen LogP contribution is 2.41. The van der Waals surface area contributed by atoms with Crippen molar-refractivity contribution in [2.75, 3.05) is 13.1 Å². The normalized spacial score (nSPS) is 22.3. The average molecular weight is 531 g/mol. The minimum absolute atomic E-state index is 0.106. The van der Waals surface area contributed by atoms with Gasteiger partial charge in [-0.15, -0.1) is 0 Å². The van der Waals surface area contributed by atoms with Crippen molar-refractivity contribution in [3.8, 4) is 11.5 Å². The van der Waals surface area contributed by atoms with Crippen molar-refractivity contribution < 1.29 is 23.8 Å². The zero-order valence-electron chi connectivity index (χ0n) is 23.0. The number of aryl methyl sites for hydroxylation is 2. The first kappa shape index (κ1) is 25.4. The molecule has 9 heteroatoms. The third-order valence-corrected chi connectivity index (χ3v) is 8.48. The van der Waals surface area contributed by atoms with Crippen molar-refractivity contribution in [3.63, 3.8) is 0 Å². The van der Waals surface area contributed by atoms with E-state index in [2.05, 4.69) is 24.3 Å². The lowest BCUT2D eigenvalue weighted by atomic mass is 9.67. The van der Waals surface area contributed by atoms with Crippen molar-refractivity contribution in [2.24, 2.45) is 5.41 Å². The molecule has 1 aliphatic heterocycles. The zero-order valence-corrected chi connectivity index (χ0v) is 23.0. The van der Waals surface area contributed by atoms with Crippen LogP contribution in [0.2, 0.25) is 0 Å². The number of aliphatic hydroxyl groups is 1. The molecule has 204 valence electrons. The summed E-state index contributed by atoms with van der Waals surface area (Å²) in [4.78, 5) is 28.0. The van der Waals surface area contributed by atoms with E-state index >= 15 is 0 Å². The maximum absolute atomic E-state index is 13.2. The van der Waals surface area contributed by atoms with Gasteiger partial charge >= 0.3 is 0 Å². The van der Waals surface area contributed by atoms with Crippen molar-refractivity contribution >= 4 is 28.3 Å². The van der Waals surface area contributed by atoms with Crippen molar-refractivity contribution in [2.45, 2.75) is 65.5 Å². The Morgan fingerprint density at radius 1 is 1.18 bits per heavy atom. The first-order valence-corrected chi connectivity index (χ1v) is 13.4. The van der Waals surface area contributed by atoms with Crippen LogP contribution in [0.3, 0.4) is 0 Å². The Balaban J connectivity index is 1.28. The van der Waals surface area contributed by atoms with Crippen LogP contribution in [0.25, 0.3) is 16.5 Å². The lowest BCUT2D eigenvalue weighted by Gasteiger charge is -2.44. The number of hydrogen-bond donors (Lipinski definition) is 2. The molecule has 4 heterocycles. The number of carbonyl (C=O) groups excluding carboxylic acids is 2. The fraction of sp³-hybridized carbons (Fsp3) is 0.433. The number of fused-ring (bicyclic) bond motifs is 2. The molecule has 1 saturated carbocycles. The van der Waals surface area contributed by atoms with Gasteiger partial charge in [0.25, 0.3) is 11.8 Å². The van der Waals surface area contributed by atoms with E-state index in [0.29, 0.717) is 59.0 Å². The summed E-state index contributed by atoms with van der Waals surface area (Å²) in [6.07, 6.45) is 5.96. The van der Waals surface area contributed by atoms with Crippen molar-refractivity contribution in [1.29, 1.82) is 0 Å². The predicted molar refractivity (Wildman–Crippen MR) is 146 cm³/mol. The van der Waals surface area contributed by atoms with Gasteiger partial charge < -0.3 is 24.5 Å². The first-order chi connectivity index (χ1) is 18.4. The largest absolute Gasteiger partial charge is 0.460 e. The van der Waals surface area contributed by atoms with Gasteiger partial charge in [0.1, 0.15) is 22.6 Å². The summed E-state index contributed by atoms with van der Waals surface area (Å²) < 4.78 is 13.9. The Morgan fingerprint density at radius 2 is 1.97 bits per heavy atom. The molecule has 0 radical (unpaired) electrons. The van der Waals surface area contributed by atoms with Crippen LogP contribution in [0.1, 0.15) is 72.1 Å². The highest BCUT2D eigenvalue weighted by molar-refractivity contribution is 6.07. The second-order valence-corrected chi connectivity index (χ2v) is 12.0. The van der Waals surface area contributed by atoms with Crippen LogP contribution in [0.4, 0.5) is 0 Å². The molecular formula is C30H34N4O5. The number of rotatable bonds is 5. The molecule has 1 unspecified atom stereocenters. The van der Waals surface area contributed by atoms with Gasteiger partial charge in [0, 0.05) is 42.8 Å². The molecule has 2 amide bonds. The molecule has 3 aromatic heterocycles. The summed E-state index contributed by atoms with van der Waals surface area (Å²) in [6.45, 7) is 10.6. The summed E-state index contributed by atoms with van der Waals surface area (Å²) in [5.41, 5.74) is 2.32. The van der Waals surface area contributed by atoms with Crippen LogP contribution in [0, 0.1) is 19.3 Å². The SMILES string of the molecule is Cc1oc2cc(Oc3ccnn4cc(C(=O)N5CC[C@@](C)(O)C5)c(C)c34)ccc2c1C(=O)NC1CCC1(C)C. The standard InChI is InChI=1S/C30H34N4O5/c1-17-21(28(36)33-13-11-30(5,37)16-33)15-34-26(17)22(9-12-31-34)39-19-6-7-20-23(14-19)38-18(2)25(20)27(35)32-24-8-10-29(24,3)4/h6-7,9,12,14-15,24,37H,8,10-11,13,16H2,1-5H3,(H,32,35)/t24?,30-/m1/s1. The Labute approximate surface area is 226 Å². The topological polar surface area (TPSA) is 109 Å². The van der Waals surface area contributed by atoms with E-state index in [1.165, 1.54) is 0 Å². The molecule has 1 aromatic carbocycles. The maximum atomic E-state index is 13.2. The Hall–Kier alpha value is -3.85. The summed E-state index contributed by atoms with van der Waals surface area (Å²) in [6, 6.07) is 7.36. The number of ether oxygens (including phenoxy) is 1. The number of nitrogens with zero attached hydrogens (tertiary/aromatic N) is 3. The number of likely N-dealkylation sites (tertiary alicyclic amines) is 1. The number of carbonyl (C=O) groups is 2. The van der Waals surface area contributed by atoms with Crippen LogP contribution in [0.15, 0.2) is 41.1 Å². The van der Waals surface area contributed by atoms with Crippen LogP contribution >= 0.6 is 0 Å². The van der Waals surface area contributed by atoms with Gasteiger partial charge in [-0.2, -0.15) is 5.10 Å². The Morgan fingerprint density at radius 3 is 2.64 bits per heavy atom. The summed E-state index contributed by atoms with van der Waals surface area (Å²) >= 11 is 0. The molecule has 6 rings (SSSR count). The summed E-state index contributed by atoms with van der Waals surface area (Å²) in [5.74, 6) is 1.40. The Bertz CT molecular complexity index is 1630. The molecule has 2 N–H and O–H groups in total. The predicted octanol–water partition coefficient (Wildman–Crippen LogP) is 5.00. The van der Waals surface area contributed by atoms with Crippen LogP contribution in [0.5, 0.6) is 11.5 Å². The third-order valence-electron chi connectivity index (χ3n) is 8.48. The summed E-state index contributed by atoms with van der Waals surface area (Å²) in [5, 5.41) is 18.6. The second kappa shape index (κ2) is 8.84. The van der Waals surface area contributed by atoms with E-state index in [1.54, 1.807) is 47.8 Å². The molecule has 39 heavy (non-hydrogen) atoms. The molecule has 4 aromatic rings. The third kappa shape index (κ3) is 4.34. The fourth-order valence-corrected chi connectivity index (χ4v) is 5.85. The van der Waals surface area contributed by atoms with Crippen LogP contribution in [-0.4, -0.2) is 56.2 Å². The van der Waals surface area contributed by atoms with Gasteiger partial charge in [0.2, 0.25) is 0 Å². The van der Waals surface area contributed by atoms with Crippen molar-refractivity contribution in [1.82, 2.24) is 19.8 Å². The van der Waals surface area contributed by atoms with Gasteiger partial charge in [-0.3, -0.25) is 9.59 Å². The van der Waals surface area contributed by atoms with E-state index in [0.717, 1.165) is 23.8 Å². The number of amides is 2. The molecule has 1 aliphatic carbocycles. The number of benzene rings is 1. The lowest BCUT2D eigenvalue weighted by molar-refractivity contribution is 0.0572. The van der Waals surface area contributed by atoms with Gasteiger partial charge in [-0.1, -0.05) is 13.8 Å². The Kier molecular flexibility index (Phi) is 5.77. The number of nitrogens with one attached hydrogen (secondary N) is 1. The van der Waals surface area contributed by atoms with Crippen LogP contribution < -0.4 is 10.1 Å². The van der Waals surface area contributed by atoms with Gasteiger partial charge in [0.05, 0.1) is 22.9 Å². The first-order valence-electron chi connectivity index (χ1n) is 13.4. The van der Waals surface area contributed by atoms with Crippen LogP contribution in [-0.2, 0) is 0 Å². The van der Waals surface area contributed by atoms with E-state index in [9.17, 15) is 14.7 Å². The average Bonchev–Trinajstić information content (AvgIpc) is 3.53. The van der Waals surface area contributed by atoms with Gasteiger partial charge in [-0.05, 0) is 63.1 Å². The van der Waals surface area contributed by atoms with E-state index in [4.69, 9.17) is 9.15 Å². The zero-order chi connectivity index (χ0) is 27.7. The number of hydrogen-bond acceptors (Lipinski definition) is 6. The van der Waals surface area contributed by atoms with Gasteiger partial charge in [-0.25, -0.2) is 4.52 Å². The second-order valence-electron chi connectivity index (χ2n) is 12.0. The van der Waals surface area contributed by atoms with Crippen molar-refractivity contribution in [3.05, 3.63) is 59.1 Å². The molecule has 1 saturated heterocycles. The molecular weight excluding hydrogens is 496 g/mol. The van der Waals surface area contributed by atoms with Gasteiger partial charge in [0.15, 0.2) is 5.75 Å². The molecule has 0 bridgehead atoms. The van der Waals surface area contributed by atoms with E-state index in [1.807, 2.05) is 19.1 Å². The number of β-amino-alcohol motifs (C(OH)–C–C–N with tert-alkyl or cyclic N) is 1. The minimum atomic E-state index is -0.869. The highest BCUT2D eigenvalue weighted by Gasteiger charge is 2.40. The van der Waals surface area contributed by atoms with E-state index in [-0.39, 0.29) is 23.3 Å². The minimum Gasteiger partial charge on any atom is -0.460 e. The molecule has 2 atom stereocenters. The highest BCUT2D eigenvalue weighted by atomic mass is 16.5. The molecule has 9 nitrogen and oxygen atoms in total. The molecule has 0 spiro atoms. The number of aromatic nitrogens is 2. The lowest BCUT2D eigenvalue weighted by Crippen LogP contribution is -2.52. The maximum Gasteiger partial charge on any atom is 0.255 e. The van der Waals surface area contributed by atoms with E-state index < -0.39 is 5.60 Å². The molecule has 2 aliphatic rings.